The molecule has 3 aromatic rings. The molecule has 0 spiro atoms. The van der Waals surface area contributed by atoms with Gasteiger partial charge in [-0.1, -0.05) is 25.4 Å². The first-order valence-electron chi connectivity index (χ1n) is 9.62. The highest BCUT2D eigenvalue weighted by molar-refractivity contribution is 7.92. The highest BCUT2D eigenvalue weighted by atomic mass is 35.5. The Morgan fingerprint density at radius 2 is 1.94 bits per heavy atom. The molecule has 10 heteroatoms. The number of nitrogens with zero attached hydrogens (tertiary/aromatic N) is 4. The van der Waals surface area contributed by atoms with Gasteiger partial charge in [0.1, 0.15) is 22.3 Å². The number of carbonyl (C=O) groups is 1. The molecular weight excluding hydrogens is 443 g/mol. The Labute approximate surface area is 190 Å². The molecule has 0 bridgehead atoms. The summed E-state index contributed by atoms with van der Waals surface area (Å²) in [7, 11) is 3.07. The van der Waals surface area contributed by atoms with Crippen molar-refractivity contribution in [1.29, 1.82) is 0 Å². The molecule has 0 unspecified atom stereocenters. The lowest BCUT2D eigenvalue weighted by molar-refractivity contribution is 0.0588. The number of fused-ring (bicyclic) bond motifs is 1. The largest absolute Gasteiger partial charge is 0.496 e. The van der Waals surface area contributed by atoms with Gasteiger partial charge in [-0.25, -0.2) is 18.7 Å². The van der Waals surface area contributed by atoms with Gasteiger partial charge in [0.2, 0.25) is 0 Å². The van der Waals surface area contributed by atoms with E-state index in [4.69, 9.17) is 21.1 Å². The minimum atomic E-state index is -0.629. The van der Waals surface area contributed by atoms with Gasteiger partial charge in [0.05, 0.1) is 7.11 Å². The summed E-state index contributed by atoms with van der Waals surface area (Å²) in [4.78, 5) is 22.2. The zero-order valence-corrected chi connectivity index (χ0v) is 20.1. The zero-order chi connectivity index (χ0) is 23.3. The maximum absolute atomic E-state index is 13.4. The first kappa shape index (κ1) is 24.7. The van der Waals surface area contributed by atoms with E-state index in [1.807, 2.05) is 13.8 Å². The predicted molar refractivity (Wildman–Crippen MR) is 125 cm³/mol. The number of methoxy groups -OCH3 is 1. The molecule has 7 nitrogen and oxygen atoms in total. The van der Waals surface area contributed by atoms with Crippen LogP contribution in [-0.2, 0) is 4.74 Å². The molecular formula is C21H26ClFN4O3S. The third kappa shape index (κ3) is 5.59. The molecule has 31 heavy (non-hydrogen) atoms. The van der Waals surface area contributed by atoms with Crippen molar-refractivity contribution in [2.75, 3.05) is 19.1 Å². The molecule has 168 valence electrons. The molecule has 0 aliphatic carbocycles. The SMILES string of the molecule is CC.COc1cc(N(C)C(=O)OC(C)(C)C)ncc1-c1cn(SF)c2nc(Cl)ccc12. The van der Waals surface area contributed by atoms with Crippen LogP contribution in [0.3, 0.4) is 0 Å². The van der Waals surface area contributed by atoms with E-state index in [0.29, 0.717) is 33.7 Å². The Kier molecular flexibility index (Phi) is 8.14. The second-order valence-corrected chi connectivity index (χ2v) is 8.14. The van der Waals surface area contributed by atoms with E-state index in [-0.39, 0.29) is 17.5 Å². The van der Waals surface area contributed by atoms with Crippen molar-refractivity contribution in [2.24, 2.45) is 0 Å². The summed E-state index contributed by atoms with van der Waals surface area (Å²) in [6.45, 7) is 9.36. The first-order valence-corrected chi connectivity index (χ1v) is 10.7. The highest BCUT2D eigenvalue weighted by Crippen LogP contribution is 2.38. The summed E-state index contributed by atoms with van der Waals surface area (Å²) in [5, 5.41) is 0.949. The molecule has 0 radical (unpaired) electrons. The van der Waals surface area contributed by atoms with Crippen LogP contribution >= 0.6 is 23.9 Å². The molecule has 0 aromatic carbocycles. The van der Waals surface area contributed by atoms with Crippen molar-refractivity contribution in [3.8, 4) is 16.9 Å². The summed E-state index contributed by atoms with van der Waals surface area (Å²) in [5.41, 5.74) is 1.05. The van der Waals surface area contributed by atoms with E-state index in [1.165, 1.54) is 16.0 Å². The number of hydrogen-bond donors (Lipinski definition) is 0. The normalized spacial score (nSPS) is 11.0. The molecule has 1 amide bonds. The van der Waals surface area contributed by atoms with Gasteiger partial charge >= 0.3 is 6.09 Å². The van der Waals surface area contributed by atoms with Gasteiger partial charge in [-0.3, -0.25) is 4.90 Å². The van der Waals surface area contributed by atoms with Gasteiger partial charge in [0, 0.05) is 42.0 Å². The van der Waals surface area contributed by atoms with Crippen LogP contribution in [0.15, 0.2) is 30.6 Å². The summed E-state index contributed by atoms with van der Waals surface area (Å²) in [6, 6.07) is 5.01. The number of pyridine rings is 2. The quantitative estimate of drug-likeness (QED) is 0.405. The highest BCUT2D eigenvalue weighted by Gasteiger charge is 2.23. The second kappa shape index (κ2) is 10.2. The fourth-order valence-corrected chi connectivity index (χ4v) is 3.22. The topological polar surface area (TPSA) is 69.5 Å². The van der Waals surface area contributed by atoms with E-state index in [9.17, 15) is 8.68 Å². The molecule has 0 saturated heterocycles. The smallest absolute Gasteiger partial charge is 0.415 e. The Morgan fingerprint density at radius 3 is 2.52 bits per heavy atom. The Bertz CT molecular complexity index is 1070. The molecule has 3 heterocycles. The molecule has 0 aliphatic rings. The van der Waals surface area contributed by atoms with Crippen molar-refractivity contribution < 1.29 is 18.2 Å². The van der Waals surface area contributed by atoms with Crippen LogP contribution in [0.2, 0.25) is 5.15 Å². The monoisotopic (exact) mass is 468 g/mol. The maximum Gasteiger partial charge on any atom is 0.415 e. The molecule has 0 saturated carbocycles. The Morgan fingerprint density at radius 1 is 1.26 bits per heavy atom. The number of hydrogen-bond acceptors (Lipinski definition) is 6. The van der Waals surface area contributed by atoms with Crippen LogP contribution < -0.4 is 9.64 Å². The fourth-order valence-electron chi connectivity index (χ4n) is 2.72. The predicted octanol–water partition coefficient (Wildman–Crippen LogP) is 6.54. The average Bonchev–Trinajstić information content (AvgIpc) is 3.10. The summed E-state index contributed by atoms with van der Waals surface area (Å²) >= 11 is 5.97. The van der Waals surface area contributed by atoms with E-state index in [2.05, 4.69) is 9.97 Å². The van der Waals surface area contributed by atoms with Crippen LogP contribution in [-0.4, -0.2) is 39.8 Å². The van der Waals surface area contributed by atoms with E-state index >= 15 is 0 Å². The fraction of sp³-hybridized carbons (Fsp3) is 0.381. The summed E-state index contributed by atoms with van der Waals surface area (Å²) in [6.07, 6.45) is 2.62. The van der Waals surface area contributed by atoms with Gasteiger partial charge < -0.3 is 9.47 Å². The van der Waals surface area contributed by atoms with Gasteiger partial charge in [0.25, 0.3) is 0 Å². The van der Waals surface area contributed by atoms with Crippen LogP contribution in [0.1, 0.15) is 34.6 Å². The summed E-state index contributed by atoms with van der Waals surface area (Å²) in [5.74, 6) is 0.813. The van der Waals surface area contributed by atoms with Gasteiger partial charge in [-0.15, -0.1) is 3.89 Å². The standard InChI is InChI=1S/C19H20ClFN4O3S.C2H6/c1-19(2,3)28-18(26)24(4)16-8-14(27-5)12(9-22-16)13-10-25(29-21)17-11(13)6-7-15(20)23-17;1-2/h6-10H,1-5H3;1-2H3. The lowest BCUT2D eigenvalue weighted by Crippen LogP contribution is -2.34. The number of carbonyl (C=O) groups excluding carboxylic acids is 1. The number of anilines is 1. The maximum atomic E-state index is 13.4. The third-order valence-electron chi connectivity index (χ3n) is 4.03. The van der Waals surface area contributed by atoms with Crippen LogP contribution in [0.5, 0.6) is 5.75 Å². The first-order chi connectivity index (χ1) is 14.6. The summed E-state index contributed by atoms with van der Waals surface area (Å²) < 4.78 is 25.5. The number of ether oxygens (including phenoxy) is 2. The zero-order valence-electron chi connectivity index (χ0n) is 18.6. The van der Waals surface area contributed by atoms with Crippen molar-refractivity contribution in [1.82, 2.24) is 13.9 Å². The van der Waals surface area contributed by atoms with Gasteiger partial charge in [0.15, 0.2) is 18.0 Å². The van der Waals surface area contributed by atoms with Crippen molar-refractivity contribution in [2.45, 2.75) is 40.2 Å². The number of halogens is 2. The number of rotatable bonds is 4. The number of amides is 1. The van der Waals surface area contributed by atoms with Gasteiger partial charge in [-0.05, 0) is 32.9 Å². The van der Waals surface area contributed by atoms with Crippen LogP contribution in [0, 0.1) is 0 Å². The van der Waals surface area contributed by atoms with E-state index in [0.717, 1.165) is 0 Å². The Balaban J connectivity index is 0.00000166. The van der Waals surface area contributed by atoms with Gasteiger partial charge in [-0.2, -0.15) is 0 Å². The molecule has 0 atom stereocenters. The molecule has 0 fully saturated rings. The Hall–Kier alpha value is -2.52. The van der Waals surface area contributed by atoms with Crippen molar-refractivity contribution in [3.63, 3.8) is 0 Å². The molecule has 3 aromatic heterocycles. The molecule has 0 aliphatic heterocycles. The lowest BCUT2D eigenvalue weighted by Gasteiger charge is -2.24. The minimum absolute atomic E-state index is 0.0180. The second-order valence-electron chi connectivity index (χ2n) is 7.22. The lowest BCUT2D eigenvalue weighted by atomic mass is 10.1. The third-order valence-corrected chi connectivity index (χ3v) is 4.67. The van der Waals surface area contributed by atoms with Crippen molar-refractivity contribution >= 4 is 46.9 Å². The number of aromatic nitrogens is 3. The van der Waals surface area contributed by atoms with Crippen LogP contribution in [0.25, 0.3) is 22.2 Å². The van der Waals surface area contributed by atoms with Crippen LogP contribution in [0.4, 0.5) is 14.5 Å². The van der Waals surface area contributed by atoms with E-state index < -0.39 is 11.7 Å². The minimum Gasteiger partial charge on any atom is -0.496 e. The molecule has 3 rings (SSSR count). The molecule has 0 N–H and O–H groups in total. The average molecular weight is 469 g/mol. The van der Waals surface area contributed by atoms with Crippen molar-refractivity contribution in [3.05, 3.63) is 35.7 Å². The van der Waals surface area contributed by atoms with E-state index in [1.54, 1.807) is 58.4 Å².